The van der Waals surface area contributed by atoms with Crippen molar-refractivity contribution in [2.24, 2.45) is 4.99 Å². The van der Waals surface area contributed by atoms with E-state index in [-0.39, 0.29) is 12.2 Å². The van der Waals surface area contributed by atoms with Gasteiger partial charge >= 0.3 is 5.97 Å². The van der Waals surface area contributed by atoms with Crippen molar-refractivity contribution >= 4 is 45.8 Å². The molecular weight excluding hydrogens is 520 g/mol. The molecule has 1 atom stereocenters. The van der Waals surface area contributed by atoms with E-state index in [0.717, 1.165) is 22.8 Å². The van der Waals surface area contributed by atoms with Gasteiger partial charge in [-0.25, -0.2) is 9.79 Å². The maximum atomic E-state index is 14.0. The standard InChI is InChI=1S/C30H27ClN2O4S/c1-4-9-23-26(29(35)37-5-2)27(22-17-20(31)14-15-24(22)36-3)33-28(34)25(38-30(33)32-23)16-19-12-8-11-18-10-6-7-13-21(18)19/h6-8,10-17,27H,4-5,9H2,1-3H3/b25-16+/t27-/m1/s1. The zero-order valence-electron chi connectivity index (χ0n) is 21.4. The van der Waals surface area contributed by atoms with E-state index in [1.165, 1.54) is 11.3 Å². The van der Waals surface area contributed by atoms with Crippen LogP contribution in [-0.4, -0.2) is 24.3 Å². The first-order valence-corrected chi connectivity index (χ1v) is 13.7. The van der Waals surface area contributed by atoms with Gasteiger partial charge in [-0.15, -0.1) is 0 Å². The number of carbonyl (C=O) groups is 1. The number of allylic oxidation sites excluding steroid dienone is 1. The van der Waals surface area contributed by atoms with Crippen LogP contribution in [0, 0.1) is 0 Å². The lowest BCUT2D eigenvalue weighted by Crippen LogP contribution is -2.40. The molecule has 0 spiro atoms. The minimum absolute atomic E-state index is 0.201. The summed E-state index contributed by atoms with van der Waals surface area (Å²) < 4.78 is 13.2. The summed E-state index contributed by atoms with van der Waals surface area (Å²) in [5, 5.41) is 2.61. The number of esters is 1. The molecule has 0 unspecified atom stereocenters. The number of aromatic nitrogens is 1. The van der Waals surface area contributed by atoms with Gasteiger partial charge in [0.15, 0.2) is 4.80 Å². The molecule has 1 aliphatic rings. The predicted molar refractivity (Wildman–Crippen MR) is 152 cm³/mol. The summed E-state index contributed by atoms with van der Waals surface area (Å²) in [5.74, 6) is 0.0117. The maximum absolute atomic E-state index is 14.0. The average molecular weight is 547 g/mol. The van der Waals surface area contributed by atoms with E-state index < -0.39 is 12.0 Å². The highest BCUT2D eigenvalue weighted by atomic mass is 35.5. The minimum Gasteiger partial charge on any atom is -0.496 e. The molecule has 3 aromatic carbocycles. The quantitative estimate of drug-likeness (QED) is 0.291. The first-order chi connectivity index (χ1) is 18.5. The summed E-state index contributed by atoms with van der Waals surface area (Å²) in [4.78, 5) is 32.8. The summed E-state index contributed by atoms with van der Waals surface area (Å²) >= 11 is 7.72. The molecular formula is C30H27ClN2O4S. The van der Waals surface area contributed by atoms with Crippen molar-refractivity contribution in [2.75, 3.05) is 13.7 Å². The van der Waals surface area contributed by atoms with Gasteiger partial charge in [0.2, 0.25) is 0 Å². The van der Waals surface area contributed by atoms with Crippen molar-refractivity contribution in [3.05, 3.63) is 108 Å². The Morgan fingerprint density at radius 3 is 2.68 bits per heavy atom. The maximum Gasteiger partial charge on any atom is 0.338 e. The van der Waals surface area contributed by atoms with Gasteiger partial charge in [0.05, 0.1) is 29.5 Å². The van der Waals surface area contributed by atoms with Crippen LogP contribution in [0.2, 0.25) is 5.02 Å². The fourth-order valence-corrected chi connectivity index (χ4v) is 6.04. The Bertz CT molecular complexity index is 1750. The molecule has 1 aliphatic heterocycles. The van der Waals surface area contributed by atoms with Crippen molar-refractivity contribution in [2.45, 2.75) is 32.7 Å². The monoisotopic (exact) mass is 546 g/mol. The number of nitrogens with zero attached hydrogens (tertiary/aromatic N) is 2. The van der Waals surface area contributed by atoms with Crippen molar-refractivity contribution < 1.29 is 14.3 Å². The lowest BCUT2D eigenvalue weighted by Gasteiger charge is -2.27. The molecule has 1 aromatic heterocycles. The van der Waals surface area contributed by atoms with Crippen molar-refractivity contribution in [1.29, 1.82) is 0 Å². The fraction of sp³-hybridized carbons (Fsp3) is 0.233. The van der Waals surface area contributed by atoms with Crippen molar-refractivity contribution in [3.8, 4) is 5.75 Å². The highest BCUT2D eigenvalue weighted by Gasteiger charge is 2.36. The topological polar surface area (TPSA) is 69.9 Å². The van der Waals surface area contributed by atoms with E-state index in [1.54, 1.807) is 36.8 Å². The van der Waals surface area contributed by atoms with E-state index in [0.29, 0.717) is 43.4 Å². The van der Waals surface area contributed by atoms with Gasteiger partial charge in [0, 0.05) is 10.6 Å². The first kappa shape index (κ1) is 25.9. The predicted octanol–water partition coefficient (Wildman–Crippen LogP) is 5.39. The smallest absolute Gasteiger partial charge is 0.338 e. The molecule has 0 saturated carbocycles. The third-order valence-electron chi connectivity index (χ3n) is 6.49. The minimum atomic E-state index is -0.796. The van der Waals surface area contributed by atoms with Crippen molar-refractivity contribution in [3.63, 3.8) is 0 Å². The lowest BCUT2D eigenvalue weighted by molar-refractivity contribution is -0.139. The van der Waals surface area contributed by atoms with E-state index >= 15 is 0 Å². The van der Waals surface area contributed by atoms with Gasteiger partial charge in [0.25, 0.3) is 5.56 Å². The van der Waals surface area contributed by atoms with Gasteiger partial charge in [-0.2, -0.15) is 0 Å². The summed E-state index contributed by atoms with van der Waals surface area (Å²) in [6, 6.07) is 18.5. The van der Waals surface area contributed by atoms with Gasteiger partial charge in [-0.3, -0.25) is 9.36 Å². The fourth-order valence-electron chi connectivity index (χ4n) is 4.85. The summed E-state index contributed by atoms with van der Waals surface area (Å²) in [5.41, 5.74) is 2.23. The molecule has 2 heterocycles. The van der Waals surface area contributed by atoms with E-state index in [2.05, 4.69) is 0 Å². The molecule has 0 N–H and O–H groups in total. The highest BCUT2D eigenvalue weighted by molar-refractivity contribution is 7.07. The van der Waals surface area contributed by atoms with Gasteiger partial charge < -0.3 is 9.47 Å². The second kappa shape index (κ2) is 11.0. The summed E-state index contributed by atoms with van der Waals surface area (Å²) in [7, 11) is 1.55. The first-order valence-electron chi connectivity index (χ1n) is 12.5. The van der Waals surface area contributed by atoms with Crippen molar-refractivity contribution in [1.82, 2.24) is 4.57 Å². The lowest BCUT2D eigenvalue weighted by atomic mass is 9.93. The molecule has 0 bridgehead atoms. The van der Waals surface area contributed by atoms with Gasteiger partial charge in [0.1, 0.15) is 11.8 Å². The van der Waals surface area contributed by atoms with Crippen LogP contribution in [0.4, 0.5) is 0 Å². The molecule has 0 saturated heterocycles. The van der Waals surface area contributed by atoms with E-state index in [4.69, 9.17) is 26.1 Å². The van der Waals surface area contributed by atoms with Crippen LogP contribution in [0.1, 0.15) is 43.9 Å². The number of hydrogen-bond acceptors (Lipinski definition) is 6. The Morgan fingerprint density at radius 2 is 1.92 bits per heavy atom. The molecule has 0 aliphatic carbocycles. The normalized spacial score (nSPS) is 15.4. The highest BCUT2D eigenvalue weighted by Crippen LogP contribution is 2.38. The Labute approximate surface area is 229 Å². The zero-order valence-corrected chi connectivity index (χ0v) is 22.9. The third kappa shape index (κ3) is 4.68. The SMILES string of the molecule is CCCC1=C(C(=O)OCC)[C@@H](c2cc(Cl)ccc2OC)n2c(s/c(=C/c3cccc4ccccc34)c2=O)=N1. The third-order valence-corrected chi connectivity index (χ3v) is 7.71. The largest absolute Gasteiger partial charge is 0.496 e. The molecule has 0 radical (unpaired) electrons. The van der Waals surface area contributed by atoms with Crippen LogP contribution in [0.15, 0.2) is 81.7 Å². The Morgan fingerprint density at radius 1 is 1.13 bits per heavy atom. The van der Waals surface area contributed by atoms with E-state index in [1.807, 2.05) is 55.5 Å². The summed E-state index contributed by atoms with van der Waals surface area (Å²) in [6.45, 7) is 3.98. The number of fused-ring (bicyclic) bond motifs is 2. The number of benzene rings is 3. The number of halogens is 1. The Hall–Kier alpha value is -3.68. The van der Waals surface area contributed by atoms with Gasteiger partial charge in [-0.05, 0) is 54.0 Å². The molecule has 6 nitrogen and oxygen atoms in total. The zero-order chi connectivity index (χ0) is 26.8. The average Bonchev–Trinajstić information content (AvgIpc) is 3.22. The second-order valence-corrected chi connectivity index (χ2v) is 10.3. The Kier molecular flexibility index (Phi) is 7.49. The van der Waals surface area contributed by atoms with Crippen LogP contribution in [0.25, 0.3) is 16.8 Å². The number of hydrogen-bond donors (Lipinski definition) is 0. The number of carbonyl (C=O) groups excluding carboxylic acids is 1. The van der Waals surface area contributed by atoms with Crippen LogP contribution < -0.4 is 19.6 Å². The number of methoxy groups -OCH3 is 1. The molecule has 194 valence electrons. The van der Waals surface area contributed by atoms with Gasteiger partial charge in [-0.1, -0.05) is 78.7 Å². The molecule has 5 rings (SSSR count). The second-order valence-electron chi connectivity index (χ2n) is 8.87. The molecule has 38 heavy (non-hydrogen) atoms. The number of ether oxygens (including phenoxy) is 2. The summed E-state index contributed by atoms with van der Waals surface area (Å²) in [6.07, 6.45) is 3.22. The van der Waals surface area contributed by atoms with E-state index in [9.17, 15) is 9.59 Å². The van der Waals surface area contributed by atoms with Crippen LogP contribution >= 0.6 is 22.9 Å². The van der Waals surface area contributed by atoms with Crippen LogP contribution in [-0.2, 0) is 9.53 Å². The molecule has 8 heteroatoms. The Balaban J connectivity index is 1.82. The molecule has 0 amide bonds. The number of thiazole rings is 1. The number of rotatable bonds is 7. The molecule has 0 fully saturated rings. The van der Waals surface area contributed by atoms with Crippen LogP contribution in [0.3, 0.4) is 0 Å². The van der Waals surface area contributed by atoms with Crippen LogP contribution in [0.5, 0.6) is 5.75 Å². The molecule has 4 aromatic rings.